The largest absolute Gasteiger partial charge is 0.494 e. The van der Waals surface area contributed by atoms with E-state index in [2.05, 4.69) is 5.32 Å². The van der Waals surface area contributed by atoms with Gasteiger partial charge in [0.2, 0.25) is 0 Å². The number of rotatable bonds is 2. The van der Waals surface area contributed by atoms with Gasteiger partial charge in [0.15, 0.2) is 11.6 Å². The molecule has 1 aromatic rings. The zero-order valence-corrected chi connectivity index (χ0v) is 8.79. The summed E-state index contributed by atoms with van der Waals surface area (Å²) >= 11 is 0. The third-order valence-electron chi connectivity index (χ3n) is 2.62. The van der Waals surface area contributed by atoms with Crippen molar-refractivity contribution >= 4 is 5.69 Å². The summed E-state index contributed by atoms with van der Waals surface area (Å²) in [6.07, 6.45) is 0. The van der Waals surface area contributed by atoms with E-state index in [0.29, 0.717) is 11.4 Å². The van der Waals surface area contributed by atoms with E-state index in [0.717, 1.165) is 26.2 Å². The molecule has 1 N–H and O–H groups in total. The highest BCUT2D eigenvalue weighted by molar-refractivity contribution is 5.52. The van der Waals surface area contributed by atoms with Gasteiger partial charge >= 0.3 is 0 Å². The quantitative estimate of drug-likeness (QED) is 0.795. The Labute approximate surface area is 88.8 Å². The Balaban J connectivity index is 2.26. The molecule has 0 unspecified atom stereocenters. The van der Waals surface area contributed by atoms with E-state index in [1.165, 1.54) is 7.11 Å². The minimum Gasteiger partial charge on any atom is -0.494 e. The fourth-order valence-corrected chi connectivity index (χ4v) is 1.81. The zero-order chi connectivity index (χ0) is 10.7. The molecule has 15 heavy (non-hydrogen) atoms. The second-order valence-corrected chi connectivity index (χ2v) is 3.53. The first-order valence-corrected chi connectivity index (χ1v) is 5.11. The van der Waals surface area contributed by atoms with Gasteiger partial charge in [-0.15, -0.1) is 0 Å². The van der Waals surface area contributed by atoms with E-state index >= 15 is 0 Å². The maximum Gasteiger partial charge on any atom is 0.188 e. The average Bonchev–Trinajstić information content (AvgIpc) is 2.30. The molecule has 1 fully saturated rings. The van der Waals surface area contributed by atoms with Crippen LogP contribution in [0.5, 0.6) is 5.75 Å². The first kappa shape index (κ1) is 10.2. The summed E-state index contributed by atoms with van der Waals surface area (Å²) in [6, 6.07) is 5.25. The molecule has 4 heteroatoms. The average molecular weight is 210 g/mol. The van der Waals surface area contributed by atoms with Gasteiger partial charge < -0.3 is 15.0 Å². The Morgan fingerprint density at radius 3 is 2.73 bits per heavy atom. The molecule has 1 saturated heterocycles. The minimum atomic E-state index is -0.262. The number of nitrogens with zero attached hydrogens (tertiary/aromatic N) is 1. The van der Waals surface area contributed by atoms with Crippen LogP contribution in [0.3, 0.4) is 0 Å². The lowest BCUT2D eigenvalue weighted by Crippen LogP contribution is -2.43. The topological polar surface area (TPSA) is 24.5 Å². The normalized spacial score (nSPS) is 16.5. The Kier molecular flexibility index (Phi) is 3.06. The molecule has 0 aliphatic carbocycles. The monoisotopic (exact) mass is 210 g/mol. The van der Waals surface area contributed by atoms with Crippen molar-refractivity contribution in [2.45, 2.75) is 0 Å². The summed E-state index contributed by atoms with van der Waals surface area (Å²) < 4.78 is 18.8. The number of anilines is 1. The molecule has 0 atom stereocenters. The number of halogens is 1. The summed E-state index contributed by atoms with van der Waals surface area (Å²) in [5, 5.41) is 3.24. The fourth-order valence-electron chi connectivity index (χ4n) is 1.81. The molecule has 0 radical (unpaired) electrons. The molecule has 82 valence electrons. The van der Waals surface area contributed by atoms with Gasteiger partial charge in [0.1, 0.15) is 0 Å². The van der Waals surface area contributed by atoms with Gasteiger partial charge in [-0.1, -0.05) is 6.07 Å². The van der Waals surface area contributed by atoms with Crippen molar-refractivity contribution in [1.82, 2.24) is 5.32 Å². The van der Waals surface area contributed by atoms with E-state index in [-0.39, 0.29) is 5.82 Å². The van der Waals surface area contributed by atoms with Crippen LogP contribution in [0, 0.1) is 5.82 Å². The zero-order valence-electron chi connectivity index (χ0n) is 8.79. The Morgan fingerprint density at radius 2 is 2.07 bits per heavy atom. The van der Waals surface area contributed by atoms with Crippen LogP contribution in [-0.2, 0) is 0 Å². The highest BCUT2D eigenvalue weighted by atomic mass is 19.1. The summed E-state index contributed by atoms with van der Waals surface area (Å²) in [5.41, 5.74) is 0.635. The van der Waals surface area contributed by atoms with Crippen LogP contribution in [-0.4, -0.2) is 33.3 Å². The SMILES string of the molecule is COc1cccc(N2CCNCC2)c1F. The number of nitrogens with one attached hydrogen (secondary N) is 1. The third kappa shape index (κ3) is 2.04. The van der Waals surface area contributed by atoms with Gasteiger partial charge in [-0.2, -0.15) is 0 Å². The molecule has 1 heterocycles. The lowest BCUT2D eigenvalue weighted by Gasteiger charge is -2.29. The lowest BCUT2D eigenvalue weighted by atomic mass is 10.2. The van der Waals surface area contributed by atoms with Crippen LogP contribution in [0.4, 0.5) is 10.1 Å². The predicted octanol–water partition coefficient (Wildman–Crippen LogP) is 1.24. The molecule has 0 bridgehead atoms. The van der Waals surface area contributed by atoms with Crippen LogP contribution in [0.1, 0.15) is 0 Å². The summed E-state index contributed by atoms with van der Waals surface area (Å²) in [5.74, 6) is 0.0490. The van der Waals surface area contributed by atoms with Crippen molar-refractivity contribution in [3.8, 4) is 5.75 Å². The molecule has 1 aromatic carbocycles. The number of piperazine rings is 1. The first-order chi connectivity index (χ1) is 7.33. The second kappa shape index (κ2) is 4.49. The molecule has 0 amide bonds. The maximum absolute atomic E-state index is 13.9. The Hall–Kier alpha value is -1.29. The highest BCUT2D eigenvalue weighted by Crippen LogP contribution is 2.27. The van der Waals surface area contributed by atoms with Crippen molar-refractivity contribution in [3.63, 3.8) is 0 Å². The van der Waals surface area contributed by atoms with Crippen LogP contribution in [0.25, 0.3) is 0 Å². The maximum atomic E-state index is 13.9. The molecule has 2 rings (SSSR count). The second-order valence-electron chi connectivity index (χ2n) is 3.53. The van der Waals surface area contributed by atoms with Gasteiger partial charge in [0.25, 0.3) is 0 Å². The van der Waals surface area contributed by atoms with E-state index in [4.69, 9.17) is 4.74 Å². The number of hydrogen-bond acceptors (Lipinski definition) is 3. The number of hydrogen-bond donors (Lipinski definition) is 1. The summed E-state index contributed by atoms with van der Waals surface area (Å²) in [4.78, 5) is 2.04. The van der Waals surface area contributed by atoms with Gasteiger partial charge in [-0.05, 0) is 12.1 Å². The molecular weight excluding hydrogens is 195 g/mol. The smallest absolute Gasteiger partial charge is 0.188 e. The number of benzene rings is 1. The summed E-state index contributed by atoms with van der Waals surface area (Å²) in [7, 11) is 1.49. The van der Waals surface area contributed by atoms with Gasteiger partial charge in [0, 0.05) is 26.2 Å². The molecule has 1 aliphatic heterocycles. The van der Waals surface area contributed by atoms with Crippen molar-refractivity contribution < 1.29 is 9.13 Å². The summed E-state index contributed by atoms with van der Waals surface area (Å²) in [6.45, 7) is 3.47. The molecule has 3 nitrogen and oxygen atoms in total. The van der Waals surface area contributed by atoms with Crippen molar-refractivity contribution in [2.75, 3.05) is 38.2 Å². The van der Waals surface area contributed by atoms with E-state index in [9.17, 15) is 4.39 Å². The highest BCUT2D eigenvalue weighted by Gasteiger charge is 2.16. The third-order valence-corrected chi connectivity index (χ3v) is 2.62. The first-order valence-electron chi connectivity index (χ1n) is 5.11. The van der Waals surface area contributed by atoms with Gasteiger partial charge in [-0.25, -0.2) is 4.39 Å². The minimum absolute atomic E-state index is 0.262. The Bertz CT molecular complexity index is 337. The molecule has 0 saturated carbocycles. The lowest BCUT2D eigenvalue weighted by molar-refractivity contribution is 0.386. The van der Waals surface area contributed by atoms with Crippen LogP contribution in [0.15, 0.2) is 18.2 Å². The van der Waals surface area contributed by atoms with E-state index in [1.54, 1.807) is 12.1 Å². The Morgan fingerprint density at radius 1 is 1.33 bits per heavy atom. The van der Waals surface area contributed by atoms with Gasteiger partial charge in [0.05, 0.1) is 12.8 Å². The number of ether oxygens (including phenoxy) is 1. The molecule has 0 spiro atoms. The van der Waals surface area contributed by atoms with Gasteiger partial charge in [-0.3, -0.25) is 0 Å². The van der Waals surface area contributed by atoms with E-state index in [1.807, 2.05) is 11.0 Å². The fraction of sp³-hybridized carbons (Fsp3) is 0.455. The van der Waals surface area contributed by atoms with Crippen molar-refractivity contribution in [3.05, 3.63) is 24.0 Å². The van der Waals surface area contributed by atoms with E-state index < -0.39 is 0 Å². The molecular formula is C11H15FN2O. The number of methoxy groups -OCH3 is 1. The van der Waals surface area contributed by atoms with Crippen LogP contribution >= 0.6 is 0 Å². The predicted molar refractivity (Wildman–Crippen MR) is 58.0 cm³/mol. The van der Waals surface area contributed by atoms with Crippen LogP contribution < -0.4 is 15.0 Å². The molecule has 1 aliphatic rings. The van der Waals surface area contributed by atoms with Crippen molar-refractivity contribution in [2.24, 2.45) is 0 Å². The van der Waals surface area contributed by atoms with Crippen molar-refractivity contribution in [1.29, 1.82) is 0 Å². The van der Waals surface area contributed by atoms with Crippen LogP contribution in [0.2, 0.25) is 0 Å². The molecule has 0 aromatic heterocycles. The standard InChI is InChI=1S/C11H15FN2O/c1-15-10-4-2-3-9(11(10)12)14-7-5-13-6-8-14/h2-4,13H,5-8H2,1H3.